The van der Waals surface area contributed by atoms with Gasteiger partial charge in [0.2, 0.25) is 5.56 Å². The number of rotatable bonds is 2. The Morgan fingerprint density at radius 3 is 2.61 bits per heavy atom. The van der Waals surface area contributed by atoms with E-state index in [0.717, 1.165) is 0 Å². The second-order valence-corrected chi connectivity index (χ2v) is 6.43. The SMILES string of the molecule is CC(c1cc(=O)[nH]c2cc(Cl)ccc12)P(=O)(O)O. The molecule has 0 fully saturated rings. The second-order valence-electron chi connectivity index (χ2n) is 4.04. The lowest BCUT2D eigenvalue weighted by Gasteiger charge is -2.15. The molecule has 0 aliphatic rings. The molecule has 0 amide bonds. The van der Waals surface area contributed by atoms with Crippen LogP contribution in [0, 0.1) is 0 Å². The molecular formula is C11H11ClNO4P. The lowest BCUT2D eigenvalue weighted by molar-refractivity contribution is 0.362. The Morgan fingerprint density at radius 1 is 1.33 bits per heavy atom. The summed E-state index contributed by atoms with van der Waals surface area (Å²) >= 11 is 5.82. The predicted molar refractivity (Wildman–Crippen MR) is 70.0 cm³/mol. The van der Waals surface area contributed by atoms with Crippen LogP contribution in [0.2, 0.25) is 5.02 Å². The number of hydrogen-bond acceptors (Lipinski definition) is 2. The summed E-state index contributed by atoms with van der Waals surface area (Å²) in [5.74, 6) is 0. The lowest BCUT2D eigenvalue weighted by atomic mass is 10.1. The van der Waals surface area contributed by atoms with E-state index in [1.165, 1.54) is 13.0 Å². The molecule has 1 heterocycles. The standard InChI is InChI=1S/C11H11ClNO4P/c1-6(18(15,16)17)9-5-11(14)13-10-4-7(12)2-3-8(9)10/h2-6H,1H3,(H,13,14)(H2,15,16,17). The van der Waals surface area contributed by atoms with E-state index in [-0.39, 0.29) is 0 Å². The van der Waals surface area contributed by atoms with E-state index in [9.17, 15) is 19.1 Å². The minimum Gasteiger partial charge on any atom is -0.324 e. The molecule has 1 unspecified atom stereocenters. The number of benzene rings is 1. The molecule has 1 aromatic heterocycles. The van der Waals surface area contributed by atoms with Crippen molar-refractivity contribution in [3.63, 3.8) is 0 Å². The first kappa shape index (κ1) is 13.3. The third kappa shape index (κ3) is 2.49. The van der Waals surface area contributed by atoms with Gasteiger partial charge in [-0.05, 0) is 24.6 Å². The van der Waals surface area contributed by atoms with Crippen molar-refractivity contribution < 1.29 is 14.4 Å². The first-order valence-electron chi connectivity index (χ1n) is 5.17. The number of H-pyrrole nitrogens is 1. The fraction of sp³-hybridized carbons (Fsp3) is 0.182. The molecule has 7 heteroatoms. The summed E-state index contributed by atoms with van der Waals surface area (Å²) in [7, 11) is -4.30. The molecule has 0 aliphatic heterocycles. The van der Waals surface area contributed by atoms with E-state index < -0.39 is 18.8 Å². The third-order valence-electron chi connectivity index (χ3n) is 2.79. The van der Waals surface area contributed by atoms with Crippen LogP contribution in [0.4, 0.5) is 0 Å². The van der Waals surface area contributed by atoms with Crippen LogP contribution >= 0.6 is 19.2 Å². The van der Waals surface area contributed by atoms with Crippen LogP contribution < -0.4 is 5.56 Å². The van der Waals surface area contributed by atoms with Crippen molar-refractivity contribution in [2.45, 2.75) is 12.6 Å². The van der Waals surface area contributed by atoms with Gasteiger partial charge < -0.3 is 14.8 Å². The van der Waals surface area contributed by atoms with Gasteiger partial charge in [0.15, 0.2) is 0 Å². The molecule has 1 atom stereocenters. The average Bonchev–Trinajstić information content (AvgIpc) is 2.25. The van der Waals surface area contributed by atoms with E-state index in [1.54, 1.807) is 18.2 Å². The second kappa shape index (κ2) is 4.52. The molecule has 18 heavy (non-hydrogen) atoms. The zero-order chi connectivity index (χ0) is 13.5. The van der Waals surface area contributed by atoms with Gasteiger partial charge >= 0.3 is 7.60 Å². The highest BCUT2D eigenvalue weighted by Crippen LogP contribution is 2.52. The summed E-state index contributed by atoms with van der Waals surface area (Å²) < 4.78 is 11.3. The van der Waals surface area contributed by atoms with Crippen LogP contribution in [0.5, 0.6) is 0 Å². The number of pyridine rings is 1. The summed E-state index contributed by atoms with van der Waals surface area (Å²) in [5.41, 5.74) is -0.674. The molecule has 0 radical (unpaired) electrons. The maximum absolute atomic E-state index is 11.5. The maximum Gasteiger partial charge on any atom is 0.332 e. The maximum atomic E-state index is 11.5. The molecule has 0 bridgehead atoms. The molecule has 96 valence electrons. The zero-order valence-electron chi connectivity index (χ0n) is 9.42. The fourth-order valence-corrected chi connectivity index (χ4v) is 2.53. The van der Waals surface area contributed by atoms with Gasteiger partial charge in [0.25, 0.3) is 0 Å². The highest BCUT2D eigenvalue weighted by atomic mass is 35.5. The smallest absolute Gasteiger partial charge is 0.324 e. The third-order valence-corrected chi connectivity index (χ3v) is 4.31. The van der Waals surface area contributed by atoms with Gasteiger partial charge in [0, 0.05) is 16.5 Å². The van der Waals surface area contributed by atoms with Gasteiger partial charge in [-0.25, -0.2) is 0 Å². The fourth-order valence-electron chi connectivity index (χ4n) is 1.79. The molecule has 0 saturated carbocycles. The molecular weight excluding hydrogens is 277 g/mol. The van der Waals surface area contributed by atoms with Crippen molar-refractivity contribution in [2.24, 2.45) is 0 Å². The van der Waals surface area contributed by atoms with E-state index in [4.69, 9.17) is 11.6 Å². The molecule has 3 N–H and O–H groups in total. The van der Waals surface area contributed by atoms with Crippen LogP contribution in [0.3, 0.4) is 0 Å². The van der Waals surface area contributed by atoms with Crippen molar-refractivity contribution in [3.05, 3.63) is 45.2 Å². The molecule has 2 aromatic rings. The quantitative estimate of drug-likeness (QED) is 0.740. The molecule has 5 nitrogen and oxygen atoms in total. The Kier molecular flexibility index (Phi) is 3.34. The Labute approximate surface area is 108 Å². The summed E-state index contributed by atoms with van der Waals surface area (Å²) in [6.07, 6.45) is 0. The topological polar surface area (TPSA) is 90.4 Å². The number of hydrogen-bond donors (Lipinski definition) is 3. The molecule has 0 saturated heterocycles. The first-order chi connectivity index (χ1) is 8.29. The van der Waals surface area contributed by atoms with Gasteiger partial charge in [-0.1, -0.05) is 17.7 Å². The van der Waals surface area contributed by atoms with Gasteiger partial charge in [0.05, 0.1) is 11.2 Å². The molecule has 0 aliphatic carbocycles. The molecule has 1 aromatic carbocycles. The van der Waals surface area contributed by atoms with Crippen LogP contribution in [0.1, 0.15) is 18.1 Å². The normalized spacial score (nSPS) is 13.8. The minimum atomic E-state index is -4.30. The Morgan fingerprint density at radius 2 is 2.00 bits per heavy atom. The highest BCUT2D eigenvalue weighted by Gasteiger charge is 2.27. The highest BCUT2D eigenvalue weighted by molar-refractivity contribution is 7.52. The van der Waals surface area contributed by atoms with Crippen molar-refractivity contribution in [3.8, 4) is 0 Å². The zero-order valence-corrected chi connectivity index (χ0v) is 11.1. The van der Waals surface area contributed by atoms with Gasteiger partial charge in [0.1, 0.15) is 0 Å². The van der Waals surface area contributed by atoms with Gasteiger partial charge in [-0.3, -0.25) is 9.36 Å². The van der Waals surface area contributed by atoms with E-state index >= 15 is 0 Å². The average molecular weight is 288 g/mol. The van der Waals surface area contributed by atoms with Crippen molar-refractivity contribution in [1.29, 1.82) is 0 Å². The van der Waals surface area contributed by atoms with Crippen molar-refractivity contribution in [1.82, 2.24) is 4.98 Å². The van der Waals surface area contributed by atoms with Crippen LogP contribution in [0.25, 0.3) is 10.9 Å². The predicted octanol–water partition coefficient (Wildman–Crippen LogP) is 2.42. The van der Waals surface area contributed by atoms with E-state index in [1.807, 2.05) is 0 Å². The molecule has 2 rings (SSSR count). The number of nitrogens with one attached hydrogen (secondary N) is 1. The van der Waals surface area contributed by atoms with Crippen molar-refractivity contribution >= 4 is 30.1 Å². The number of fused-ring (bicyclic) bond motifs is 1. The van der Waals surface area contributed by atoms with Gasteiger partial charge in [-0.2, -0.15) is 0 Å². The Hall–Kier alpha value is -1.13. The summed E-state index contributed by atoms with van der Waals surface area (Å²) in [5, 5.41) is 1.02. The van der Waals surface area contributed by atoms with Crippen LogP contribution in [-0.4, -0.2) is 14.8 Å². The van der Waals surface area contributed by atoms with Crippen LogP contribution in [-0.2, 0) is 4.57 Å². The lowest BCUT2D eigenvalue weighted by Crippen LogP contribution is -2.08. The Bertz CT molecular complexity index is 706. The van der Waals surface area contributed by atoms with Crippen molar-refractivity contribution in [2.75, 3.05) is 0 Å². The monoisotopic (exact) mass is 287 g/mol. The minimum absolute atomic E-state index is 0.318. The summed E-state index contributed by atoms with van der Waals surface area (Å²) in [6.45, 7) is 1.39. The largest absolute Gasteiger partial charge is 0.332 e. The van der Waals surface area contributed by atoms with E-state index in [2.05, 4.69) is 4.98 Å². The first-order valence-corrected chi connectivity index (χ1v) is 7.22. The number of aromatic amines is 1. The molecule has 0 spiro atoms. The van der Waals surface area contributed by atoms with Gasteiger partial charge in [-0.15, -0.1) is 0 Å². The number of aromatic nitrogens is 1. The van der Waals surface area contributed by atoms with Crippen LogP contribution in [0.15, 0.2) is 29.1 Å². The van der Waals surface area contributed by atoms with E-state index in [0.29, 0.717) is 21.5 Å². The Balaban J connectivity index is 2.78. The summed E-state index contributed by atoms with van der Waals surface area (Å²) in [6, 6.07) is 6.00. The summed E-state index contributed by atoms with van der Waals surface area (Å²) in [4.78, 5) is 32.5. The number of halogens is 1.